The van der Waals surface area contributed by atoms with Crippen LogP contribution in [0.1, 0.15) is 10.4 Å². The van der Waals surface area contributed by atoms with Crippen LogP contribution < -0.4 is 10.6 Å². The highest BCUT2D eigenvalue weighted by Gasteiger charge is 2.13. The van der Waals surface area contributed by atoms with E-state index in [9.17, 15) is 9.18 Å². The maximum absolute atomic E-state index is 13.5. The molecule has 0 saturated carbocycles. The number of amides is 1. The van der Waals surface area contributed by atoms with Crippen LogP contribution in [0.5, 0.6) is 0 Å². The minimum atomic E-state index is -0.621. The lowest BCUT2D eigenvalue weighted by Crippen LogP contribution is -2.34. The number of halogens is 2. The van der Waals surface area contributed by atoms with Gasteiger partial charge in [0.1, 0.15) is 5.82 Å². The van der Waals surface area contributed by atoms with Crippen LogP contribution in [-0.2, 0) is 0 Å². The standard InChI is InChI=1S/C15H9ClFN3OS2/c16-8-5-6-11-12(7-8)23-15(18-11)20-14(22)19-13(21)9-3-1-2-4-10(9)17/h1-7H,(H2,18,19,20,21,22). The van der Waals surface area contributed by atoms with Crippen molar-refractivity contribution in [2.75, 3.05) is 5.32 Å². The fourth-order valence-electron chi connectivity index (χ4n) is 1.90. The Labute approximate surface area is 145 Å². The van der Waals surface area contributed by atoms with Crippen LogP contribution in [0.2, 0.25) is 5.02 Å². The molecule has 3 rings (SSSR count). The zero-order valence-corrected chi connectivity index (χ0v) is 13.9. The van der Waals surface area contributed by atoms with Gasteiger partial charge in [0.15, 0.2) is 10.2 Å². The second-order valence-corrected chi connectivity index (χ2v) is 6.39. The quantitative estimate of drug-likeness (QED) is 0.668. The van der Waals surface area contributed by atoms with E-state index in [1.807, 2.05) is 0 Å². The molecule has 1 heterocycles. The highest BCUT2D eigenvalue weighted by molar-refractivity contribution is 7.80. The van der Waals surface area contributed by atoms with E-state index in [0.29, 0.717) is 10.2 Å². The zero-order valence-electron chi connectivity index (χ0n) is 11.5. The molecular formula is C15H9ClFN3OS2. The lowest BCUT2D eigenvalue weighted by Gasteiger charge is -2.07. The van der Waals surface area contributed by atoms with Gasteiger partial charge in [-0.25, -0.2) is 9.37 Å². The van der Waals surface area contributed by atoms with Crippen LogP contribution in [0.3, 0.4) is 0 Å². The van der Waals surface area contributed by atoms with Gasteiger partial charge in [-0.3, -0.25) is 10.1 Å². The third-order valence-corrected chi connectivity index (χ3v) is 4.29. The molecule has 0 saturated heterocycles. The van der Waals surface area contributed by atoms with Crippen molar-refractivity contribution in [1.82, 2.24) is 10.3 Å². The smallest absolute Gasteiger partial charge is 0.260 e. The molecule has 0 radical (unpaired) electrons. The monoisotopic (exact) mass is 365 g/mol. The summed E-state index contributed by atoms with van der Waals surface area (Å²) in [5.74, 6) is -1.23. The molecule has 1 amide bonds. The van der Waals surface area contributed by atoms with Crippen molar-refractivity contribution >= 4 is 61.5 Å². The summed E-state index contributed by atoms with van der Waals surface area (Å²) in [5, 5.41) is 6.41. The maximum atomic E-state index is 13.5. The van der Waals surface area contributed by atoms with Crippen LogP contribution in [0.25, 0.3) is 10.2 Å². The van der Waals surface area contributed by atoms with Crippen molar-refractivity contribution in [2.24, 2.45) is 0 Å². The molecule has 0 aliphatic heterocycles. The number of anilines is 1. The maximum Gasteiger partial charge on any atom is 0.260 e. The van der Waals surface area contributed by atoms with E-state index in [4.69, 9.17) is 23.8 Å². The van der Waals surface area contributed by atoms with Gasteiger partial charge in [-0.15, -0.1) is 0 Å². The van der Waals surface area contributed by atoms with Gasteiger partial charge >= 0.3 is 0 Å². The van der Waals surface area contributed by atoms with E-state index < -0.39 is 11.7 Å². The van der Waals surface area contributed by atoms with Gasteiger partial charge in [0.05, 0.1) is 15.8 Å². The van der Waals surface area contributed by atoms with E-state index in [2.05, 4.69) is 15.6 Å². The summed E-state index contributed by atoms with van der Waals surface area (Å²) in [6, 6.07) is 11.0. The summed E-state index contributed by atoms with van der Waals surface area (Å²) >= 11 is 12.3. The number of rotatable bonds is 2. The van der Waals surface area contributed by atoms with Crippen molar-refractivity contribution in [1.29, 1.82) is 0 Å². The molecule has 23 heavy (non-hydrogen) atoms. The summed E-state index contributed by atoms with van der Waals surface area (Å²) in [6.07, 6.45) is 0. The summed E-state index contributed by atoms with van der Waals surface area (Å²) in [4.78, 5) is 16.3. The largest absolute Gasteiger partial charge is 0.308 e. The van der Waals surface area contributed by atoms with Gasteiger partial charge in [0.25, 0.3) is 5.91 Å². The Kier molecular flexibility index (Phi) is 4.51. The van der Waals surface area contributed by atoms with Crippen molar-refractivity contribution in [3.63, 3.8) is 0 Å². The average Bonchev–Trinajstić information content (AvgIpc) is 2.88. The van der Waals surface area contributed by atoms with E-state index in [-0.39, 0.29) is 10.7 Å². The number of hydrogen-bond donors (Lipinski definition) is 2. The fourth-order valence-corrected chi connectivity index (χ4v) is 3.30. The molecular weight excluding hydrogens is 357 g/mol. The number of thiazole rings is 1. The minimum absolute atomic E-state index is 0.0448. The summed E-state index contributed by atoms with van der Waals surface area (Å²) < 4.78 is 14.4. The number of hydrogen-bond acceptors (Lipinski definition) is 4. The first kappa shape index (κ1) is 15.8. The van der Waals surface area contributed by atoms with Gasteiger partial charge in [-0.05, 0) is 42.5 Å². The topological polar surface area (TPSA) is 54.0 Å². The Morgan fingerprint density at radius 3 is 2.83 bits per heavy atom. The first-order valence-corrected chi connectivity index (χ1v) is 8.06. The normalized spacial score (nSPS) is 10.5. The predicted molar refractivity (Wildman–Crippen MR) is 94.7 cm³/mol. The Balaban J connectivity index is 1.71. The Morgan fingerprint density at radius 1 is 1.26 bits per heavy atom. The molecule has 0 aliphatic rings. The highest BCUT2D eigenvalue weighted by Crippen LogP contribution is 2.28. The average molecular weight is 366 g/mol. The molecule has 8 heteroatoms. The predicted octanol–water partition coefficient (Wildman–Crippen LogP) is 4.22. The lowest BCUT2D eigenvalue weighted by molar-refractivity contribution is 0.0974. The third-order valence-electron chi connectivity index (χ3n) is 2.92. The van der Waals surface area contributed by atoms with E-state index in [1.54, 1.807) is 24.3 Å². The van der Waals surface area contributed by atoms with Gasteiger partial charge < -0.3 is 5.32 Å². The van der Waals surface area contributed by atoms with Crippen molar-refractivity contribution < 1.29 is 9.18 Å². The molecule has 1 aromatic heterocycles. The van der Waals surface area contributed by atoms with Crippen molar-refractivity contribution in [3.05, 3.63) is 58.9 Å². The molecule has 0 atom stereocenters. The van der Waals surface area contributed by atoms with Crippen LogP contribution in [0, 0.1) is 5.82 Å². The van der Waals surface area contributed by atoms with Crippen molar-refractivity contribution in [2.45, 2.75) is 0 Å². The number of fused-ring (bicyclic) bond motifs is 1. The molecule has 0 unspecified atom stereocenters. The number of thiocarbonyl (C=S) groups is 1. The second kappa shape index (κ2) is 6.57. The van der Waals surface area contributed by atoms with Crippen LogP contribution in [0.15, 0.2) is 42.5 Å². The first-order valence-electron chi connectivity index (χ1n) is 6.46. The lowest BCUT2D eigenvalue weighted by atomic mass is 10.2. The van der Waals surface area contributed by atoms with Crippen LogP contribution >= 0.6 is 35.2 Å². The molecule has 0 aliphatic carbocycles. The Bertz CT molecular complexity index is 913. The summed E-state index contributed by atoms with van der Waals surface area (Å²) in [6.45, 7) is 0. The van der Waals surface area contributed by atoms with Crippen LogP contribution in [0.4, 0.5) is 9.52 Å². The van der Waals surface area contributed by atoms with E-state index >= 15 is 0 Å². The Hall–Kier alpha value is -2.09. The zero-order chi connectivity index (χ0) is 16.4. The fraction of sp³-hybridized carbons (Fsp3) is 0. The molecule has 0 spiro atoms. The number of benzene rings is 2. The number of nitrogens with one attached hydrogen (secondary N) is 2. The Morgan fingerprint density at radius 2 is 2.04 bits per heavy atom. The van der Waals surface area contributed by atoms with Gasteiger partial charge in [0, 0.05) is 5.02 Å². The first-order chi connectivity index (χ1) is 11.0. The summed E-state index contributed by atoms with van der Waals surface area (Å²) in [5.41, 5.74) is 0.692. The van der Waals surface area contributed by atoms with Crippen LogP contribution in [-0.4, -0.2) is 16.0 Å². The number of carbonyl (C=O) groups excluding carboxylic acids is 1. The number of carbonyl (C=O) groups is 1. The second-order valence-electron chi connectivity index (χ2n) is 4.52. The van der Waals surface area contributed by atoms with E-state index in [1.165, 1.54) is 29.5 Å². The third kappa shape index (κ3) is 3.64. The summed E-state index contributed by atoms with van der Waals surface area (Å²) in [7, 11) is 0. The molecule has 2 aromatic carbocycles. The molecule has 0 bridgehead atoms. The number of aromatic nitrogens is 1. The van der Waals surface area contributed by atoms with Crippen molar-refractivity contribution in [3.8, 4) is 0 Å². The molecule has 4 nitrogen and oxygen atoms in total. The molecule has 0 fully saturated rings. The van der Waals surface area contributed by atoms with Gasteiger partial charge in [-0.2, -0.15) is 0 Å². The van der Waals surface area contributed by atoms with E-state index in [0.717, 1.165) is 10.2 Å². The van der Waals surface area contributed by atoms with Gasteiger partial charge in [0.2, 0.25) is 0 Å². The minimum Gasteiger partial charge on any atom is -0.308 e. The molecule has 3 aromatic rings. The molecule has 2 N–H and O–H groups in total. The number of nitrogens with zero attached hydrogens (tertiary/aromatic N) is 1. The molecule has 116 valence electrons. The van der Waals surface area contributed by atoms with Gasteiger partial charge in [-0.1, -0.05) is 35.1 Å². The SMILES string of the molecule is O=C(NC(=S)Nc1nc2ccc(Cl)cc2s1)c1ccccc1F. The highest BCUT2D eigenvalue weighted by atomic mass is 35.5.